The van der Waals surface area contributed by atoms with Crippen molar-refractivity contribution < 1.29 is 23.6 Å². The highest BCUT2D eigenvalue weighted by Gasteiger charge is 2.30. The van der Waals surface area contributed by atoms with Crippen molar-refractivity contribution in [1.29, 1.82) is 0 Å². The number of halogens is 1. The van der Waals surface area contributed by atoms with Crippen LogP contribution in [0.25, 0.3) is 0 Å². The molecule has 10 heteroatoms. The summed E-state index contributed by atoms with van der Waals surface area (Å²) >= 11 is 0. The van der Waals surface area contributed by atoms with Gasteiger partial charge in [-0.3, -0.25) is 14.9 Å². The van der Waals surface area contributed by atoms with Crippen LogP contribution in [0.5, 0.6) is 0 Å². The fourth-order valence-corrected chi connectivity index (χ4v) is 2.96. The molecule has 0 spiro atoms. The van der Waals surface area contributed by atoms with Crippen LogP contribution in [0, 0.1) is 15.9 Å². The van der Waals surface area contributed by atoms with Gasteiger partial charge in [0.05, 0.1) is 4.92 Å². The molecule has 1 aliphatic rings. The lowest BCUT2D eigenvalue weighted by Gasteiger charge is -2.35. The Balaban J connectivity index is 2.19. The van der Waals surface area contributed by atoms with Gasteiger partial charge in [0.2, 0.25) is 11.7 Å². The molecule has 0 aromatic heterocycles. The molecule has 1 aliphatic heterocycles. The average molecular weight is 410 g/mol. The minimum Gasteiger partial charge on any atom is -0.444 e. The number of hydrogen-bond donors (Lipinski definition) is 1. The minimum atomic E-state index is -0.990. The summed E-state index contributed by atoms with van der Waals surface area (Å²) in [5.41, 5.74) is -1.03. The summed E-state index contributed by atoms with van der Waals surface area (Å²) in [6.45, 7) is 7.54. The number of nitro benzene ring substituents is 1. The number of carbonyl (C=O) groups is 2. The van der Waals surface area contributed by atoms with Crippen molar-refractivity contribution in [3.8, 4) is 0 Å². The van der Waals surface area contributed by atoms with E-state index in [-0.39, 0.29) is 12.3 Å². The van der Waals surface area contributed by atoms with Crippen LogP contribution >= 0.6 is 0 Å². The van der Waals surface area contributed by atoms with E-state index in [0.29, 0.717) is 31.7 Å². The number of amides is 2. The standard InChI is InChI=1S/C19H27FN4O5/c1-19(2,3)29-18(26)21-15(17(25)23-9-7-22(4)8-10-23)12-13-5-6-16(24(27)28)14(20)11-13/h5-6,11,15H,7-10,12H2,1-4H3,(H,21,26)/t15-/m1/s1. The molecule has 0 aliphatic carbocycles. The van der Waals surface area contributed by atoms with Gasteiger partial charge in [-0.2, -0.15) is 4.39 Å². The van der Waals surface area contributed by atoms with Gasteiger partial charge in [0.25, 0.3) is 0 Å². The summed E-state index contributed by atoms with van der Waals surface area (Å²) in [6.07, 6.45) is -0.772. The molecule has 29 heavy (non-hydrogen) atoms. The van der Waals surface area contributed by atoms with Crippen molar-refractivity contribution in [3.63, 3.8) is 0 Å². The van der Waals surface area contributed by atoms with E-state index in [1.165, 1.54) is 6.07 Å². The van der Waals surface area contributed by atoms with Gasteiger partial charge in [-0.05, 0) is 39.4 Å². The molecule has 1 atom stereocenters. The van der Waals surface area contributed by atoms with Crippen molar-refractivity contribution in [2.75, 3.05) is 33.2 Å². The molecule has 0 unspecified atom stereocenters. The Labute approximate surface area is 168 Å². The van der Waals surface area contributed by atoms with Crippen LogP contribution in [-0.4, -0.2) is 71.6 Å². The normalized spacial score (nSPS) is 16.2. The van der Waals surface area contributed by atoms with Gasteiger partial charge in [0.1, 0.15) is 11.6 Å². The molecule has 1 aromatic rings. The Bertz CT molecular complexity index is 772. The zero-order valence-electron chi connectivity index (χ0n) is 17.1. The number of benzene rings is 1. The molecule has 1 saturated heterocycles. The zero-order valence-corrected chi connectivity index (χ0v) is 17.1. The lowest BCUT2D eigenvalue weighted by atomic mass is 10.0. The third kappa shape index (κ3) is 6.67. The topological polar surface area (TPSA) is 105 Å². The summed E-state index contributed by atoms with van der Waals surface area (Å²) in [6, 6.07) is 2.46. The maximum absolute atomic E-state index is 14.0. The second kappa shape index (κ2) is 9.17. The Morgan fingerprint density at radius 1 is 1.28 bits per heavy atom. The van der Waals surface area contributed by atoms with Crippen LogP contribution < -0.4 is 5.32 Å². The fourth-order valence-electron chi connectivity index (χ4n) is 2.96. The van der Waals surface area contributed by atoms with Crippen LogP contribution in [0.2, 0.25) is 0 Å². The summed E-state index contributed by atoms with van der Waals surface area (Å²) in [7, 11) is 1.96. The number of nitro groups is 1. The molecular formula is C19H27FN4O5. The van der Waals surface area contributed by atoms with E-state index >= 15 is 0 Å². The van der Waals surface area contributed by atoms with Crippen molar-refractivity contribution >= 4 is 17.7 Å². The smallest absolute Gasteiger partial charge is 0.408 e. The fraction of sp³-hybridized carbons (Fsp3) is 0.579. The predicted molar refractivity (Wildman–Crippen MR) is 104 cm³/mol. The number of piperazine rings is 1. The van der Waals surface area contributed by atoms with Crippen LogP contribution in [0.15, 0.2) is 18.2 Å². The summed E-state index contributed by atoms with van der Waals surface area (Å²) in [4.78, 5) is 39.0. The Hall–Kier alpha value is -2.75. The summed E-state index contributed by atoms with van der Waals surface area (Å²) in [5.74, 6) is -1.29. The van der Waals surface area contributed by atoms with Gasteiger partial charge in [-0.1, -0.05) is 6.07 Å². The summed E-state index contributed by atoms with van der Waals surface area (Å²) < 4.78 is 19.2. The number of rotatable bonds is 5. The van der Waals surface area contributed by atoms with Gasteiger partial charge < -0.3 is 19.9 Å². The Kier molecular flexibility index (Phi) is 7.12. The molecule has 1 fully saturated rings. The van der Waals surface area contributed by atoms with Crippen LogP contribution in [0.4, 0.5) is 14.9 Å². The lowest BCUT2D eigenvalue weighted by molar-refractivity contribution is -0.387. The first-order valence-corrected chi connectivity index (χ1v) is 9.36. The van der Waals surface area contributed by atoms with Crippen LogP contribution in [-0.2, 0) is 16.0 Å². The van der Waals surface area contributed by atoms with Gasteiger partial charge in [0, 0.05) is 38.7 Å². The Morgan fingerprint density at radius 2 is 1.90 bits per heavy atom. The highest BCUT2D eigenvalue weighted by Crippen LogP contribution is 2.19. The minimum absolute atomic E-state index is 0.0146. The quantitative estimate of drug-likeness (QED) is 0.588. The molecule has 2 rings (SSSR count). The second-order valence-corrected chi connectivity index (χ2v) is 8.07. The van der Waals surface area contributed by atoms with E-state index in [1.54, 1.807) is 25.7 Å². The third-order valence-corrected chi connectivity index (χ3v) is 4.45. The molecule has 0 bridgehead atoms. The first-order valence-electron chi connectivity index (χ1n) is 9.36. The van der Waals surface area contributed by atoms with E-state index in [9.17, 15) is 24.1 Å². The van der Waals surface area contributed by atoms with E-state index < -0.39 is 34.2 Å². The number of nitrogens with zero attached hydrogens (tertiary/aromatic N) is 3. The van der Waals surface area contributed by atoms with Crippen molar-refractivity contribution in [1.82, 2.24) is 15.1 Å². The molecule has 160 valence electrons. The van der Waals surface area contributed by atoms with Gasteiger partial charge in [0.15, 0.2) is 0 Å². The van der Waals surface area contributed by atoms with Crippen molar-refractivity contribution in [3.05, 3.63) is 39.7 Å². The Morgan fingerprint density at radius 3 is 2.41 bits per heavy atom. The molecule has 1 N–H and O–H groups in total. The van der Waals surface area contributed by atoms with E-state index in [2.05, 4.69) is 10.2 Å². The maximum atomic E-state index is 14.0. The second-order valence-electron chi connectivity index (χ2n) is 8.07. The van der Waals surface area contributed by atoms with Gasteiger partial charge in [-0.25, -0.2) is 4.79 Å². The number of alkyl carbamates (subject to hydrolysis) is 1. The van der Waals surface area contributed by atoms with Crippen molar-refractivity contribution in [2.24, 2.45) is 0 Å². The highest BCUT2D eigenvalue weighted by molar-refractivity contribution is 5.86. The number of nitrogens with one attached hydrogen (secondary N) is 1. The van der Waals surface area contributed by atoms with Gasteiger partial charge in [-0.15, -0.1) is 0 Å². The largest absolute Gasteiger partial charge is 0.444 e. The zero-order chi connectivity index (χ0) is 21.8. The number of hydrogen-bond acceptors (Lipinski definition) is 6. The maximum Gasteiger partial charge on any atom is 0.408 e. The predicted octanol–water partition coefficient (Wildman–Crippen LogP) is 1.94. The van der Waals surface area contributed by atoms with E-state index in [0.717, 1.165) is 12.1 Å². The highest BCUT2D eigenvalue weighted by atomic mass is 19.1. The SMILES string of the molecule is CN1CCN(C(=O)[C@@H](Cc2ccc([N+](=O)[O-])c(F)c2)NC(=O)OC(C)(C)C)CC1. The van der Waals surface area contributed by atoms with Crippen molar-refractivity contribution in [2.45, 2.75) is 38.8 Å². The van der Waals surface area contributed by atoms with E-state index in [4.69, 9.17) is 4.74 Å². The molecule has 1 aromatic carbocycles. The lowest BCUT2D eigenvalue weighted by Crippen LogP contribution is -2.55. The van der Waals surface area contributed by atoms with E-state index in [1.807, 2.05) is 7.05 Å². The summed E-state index contributed by atoms with van der Waals surface area (Å²) in [5, 5.41) is 13.4. The van der Waals surface area contributed by atoms with Gasteiger partial charge >= 0.3 is 11.8 Å². The average Bonchev–Trinajstić information content (AvgIpc) is 2.59. The first kappa shape index (κ1) is 22.5. The molecule has 0 radical (unpaired) electrons. The first-order chi connectivity index (χ1) is 13.5. The molecule has 0 saturated carbocycles. The number of carbonyl (C=O) groups excluding carboxylic acids is 2. The number of ether oxygens (including phenoxy) is 1. The molecular weight excluding hydrogens is 383 g/mol. The van der Waals surface area contributed by atoms with Crippen LogP contribution in [0.1, 0.15) is 26.3 Å². The molecule has 1 heterocycles. The molecule has 9 nitrogen and oxygen atoms in total. The molecule has 2 amide bonds. The monoisotopic (exact) mass is 410 g/mol. The third-order valence-electron chi connectivity index (χ3n) is 4.45. The van der Waals surface area contributed by atoms with Crippen LogP contribution in [0.3, 0.4) is 0 Å². The number of likely N-dealkylation sites (N-methyl/N-ethyl adjacent to an activating group) is 1.